The third-order valence-corrected chi connectivity index (χ3v) is 8.52. The van der Waals surface area contributed by atoms with Crippen LogP contribution in [0.1, 0.15) is 42.2 Å². The number of benzene rings is 2. The van der Waals surface area contributed by atoms with E-state index in [4.69, 9.17) is 9.15 Å². The molecule has 0 saturated carbocycles. The Morgan fingerprint density at radius 2 is 1.88 bits per heavy atom. The maximum absolute atomic E-state index is 14.3. The smallest absolute Gasteiger partial charge is 0.267 e. The van der Waals surface area contributed by atoms with Crippen molar-refractivity contribution in [3.63, 3.8) is 0 Å². The van der Waals surface area contributed by atoms with Crippen molar-refractivity contribution in [1.82, 2.24) is 20.1 Å². The molecule has 2 aromatic carbocycles. The number of halogens is 3. The number of carbonyl (C=O) groups is 1. The first-order valence-corrected chi connectivity index (χ1v) is 14.4. The van der Waals surface area contributed by atoms with Crippen molar-refractivity contribution in [3.8, 4) is 5.75 Å². The summed E-state index contributed by atoms with van der Waals surface area (Å²) in [6, 6.07) is 9.34. The molecule has 4 heterocycles. The molecule has 6 rings (SSSR count). The normalized spacial score (nSPS) is 20.6. The molecule has 1 amide bonds. The van der Waals surface area contributed by atoms with E-state index in [0.29, 0.717) is 22.9 Å². The molecule has 3 N–H and O–H groups in total. The van der Waals surface area contributed by atoms with E-state index < -0.39 is 11.6 Å². The molecule has 0 unspecified atom stereocenters. The van der Waals surface area contributed by atoms with E-state index in [9.17, 15) is 18.7 Å². The quantitative estimate of drug-likeness (QED) is 0.260. The molecule has 2 saturated heterocycles. The van der Waals surface area contributed by atoms with E-state index in [0.717, 1.165) is 81.6 Å². The summed E-state index contributed by atoms with van der Waals surface area (Å²) in [4.78, 5) is 21.2. The molecule has 2 aliphatic heterocycles. The minimum Gasteiger partial charge on any atom is -0.488 e. The Bertz CT molecular complexity index is 1530. The number of nitrogens with one attached hydrogen (secondary N) is 2. The molecule has 8 nitrogen and oxygen atoms in total. The van der Waals surface area contributed by atoms with Gasteiger partial charge >= 0.3 is 0 Å². The topological polar surface area (TPSA) is 94.0 Å². The minimum atomic E-state index is -0.700. The first-order chi connectivity index (χ1) is 19.8. The van der Waals surface area contributed by atoms with E-state index in [-0.39, 0.29) is 48.0 Å². The molecule has 226 valence electrons. The molecule has 2 fully saturated rings. The van der Waals surface area contributed by atoms with Crippen molar-refractivity contribution in [1.29, 1.82) is 0 Å². The van der Waals surface area contributed by atoms with E-state index in [1.54, 1.807) is 12.1 Å². The number of carbonyl (C=O) groups excluding carboxylic acids is 1. The van der Waals surface area contributed by atoms with Crippen LogP contribution in [-0.4, -0.2) is 77.2 Å². The molecule has 0 spiro atoms. The standard InChI is InChI=1S/C31H36F2N4O4.ClH/c1-19-16-37(10-7-27(19)38)12-11-36-8-5-22(6-9-36)34-31(39)26-15-23-25(35-26)3-2-4-28(23)40-17-20-18-41-29-14-21(32)13-24(33)30(20)29;/h2-4,13-15,18-19,22,27,35,38H,5-12,16-17H2,1H3,(H,34,39);1H/t19-,27-;/m0./s1. The number of aliphatic hydroxyl groups is 1. The Morgan fingerprint density at radius 3 is 2.67 bits per heavy atom. The number of fused-ring (bicyclic) bond motifs is 2. The number of piperidine rings is 2. The predicted molar refractivity (Wildman–Crippen MR) is 159 cm³/mol. The maximum atomic E-state index is 14.3. The molecule has 2 aliphatic rings. The number of hydrogen-bond donors (Lipinski definition) is 3. The minimum absolute atomic E-state index is 0. The molecule has 0 radical (unpaired) electrons. The summed E-state index contributed by atoms with van der Waals surface area (Å²) in [5.74, 6) is -0.688. The average molecular weight is 603 g/mol. The van der Waals surface area contributed by atoms with Crippen LogP contribution in [0.4, 0.5) is 8.78 Å². The first kappa shape index (κ1) is 30.3. The number of nitrogens with zero attached hydrogens (tertiary/aromatic N) is 2. The van der Waals surface area contributed by atoms with Gasteiger partial charge in [-0.3, -0.25) is 4.79 Å². The Balaban J connectivity index is 0.00000353. The molecule has 4 aromatic rings. The van der Waals surface area contributed by atoms with Crippen LogP contribution < -0.4 is 10.1 Å². The predicted octanol–water partition coefficient (Wildman–Crippen LogP) is 5.09. The second-order valence-electron chi connectivity index (χ2n) is 11.4. The molecule has 2 atom stereocenters. The highest BCUT2D eigenvalue weighted by Gasteiger charge is 2.26. The van der Waals surface area contributed by atoms with Crippen LogP contribution >= 0.6 is 12.4 Å². The highest BCUT2D eigenvalue weighted by Crippen LogP contribution is 2.30. The van der Waals surface area contributed by atoms with Crippen LogP contribution in [-0.2, 0) is 6.61 Å². The lowest BCUT2D eigenvalue weighted by Crippen LogP contribution is -2.48. The summed E-state index contributed by atoms with van der Waals surface area (Å²) in [6.07, 6.45) is 3.83. The number of aromatic nitrogens is 1. The van der Waals surface area contributed by atoms with Gasteiger partial charge in [-0.2, -0.15) is 0 Å². The SMILES string of the molecule is C[C@H]1CN(CCN2CCC(NC(=O)c3cc4c(OCc5coc6cc(F)cc(F)c56)cccc4[nH]3)CC2)CC[C@@H]1O.Cl. The third kappa shape index (κ3) is 6.57. The van der Waals surface area contributed by atoms with Gasteiger partial charge in [0, 0.05) is 73.9 Å². The van der Waals surface area contributed by atoms with Crippen molar-refractivity contribution in [2.24, 2.45) is 5.92 Å². The van der Waals surface area contributed by atoms with E-state index in [1.807, 2.05) is 12.1 Å². The summed E-state index contributed by atoms with van der Waals surface area (Å²) < 4.78 is 39.2. The highest BCUT2D eigenvalue weighted by molar-refractivity contribution is 5.99. The van der Waals surface area contributed by atoms with Crippen molar-refractivity contribution in [2.75, 3.05) is 39.3 Å². The zero-order chi connectivity index (χ0) is 28.5. The van der Waals surface area contributed by atoms with Gasteiger partial charge in [-0.1, -0.05) is 13.0 Å². The number of rotatable bonds is 8. The lowest BCUT2D eigenvalue weighted by molar-refractivity contribution is 0.0301. The van der Waals surface area contributed by atoms with Gasteiger partial charge in [0.05, 0.1) is 17.8 Å². The van der Waals surface area contributed by atoms with Crippen LogP contribution in [0.3, 0.4) is 0 Å². The molecule has 42 heavy (non-hydrogen) atoms. The monoisotopic (exact) mass is 602 g/mol. The van der Waals surface area contributed by atoms with Crippen molar-refractivity contribution >= 4 is 40.2 Å². The summed E-state index contributed by atoms with van der Waals surface area (Å²) in [7, 11) is 0. The Morgan fingerprint density at radius 1 is 1.12 bits per heavy atom. The summed E-state index contributed by atoms with van der Waals surface area (Å²) in [6.45, 7) is 7.94. The maximum Gasteiger partial charge on any atom is 0.267 e. The molecule has 0 aliphatic carbocycles. The Labute approximate surface area is 249 Å². The number of likely N-dealkylation sites (tertiary alicyclic amines) is 2. The third-order valence-electron chi connectivity index (χ3n) is 8.52. The van der Waals surface area contributed by atoms with Crippen LogP contribution in [0, 0.1) is 17.6 Å². The van der Waals surface area contributed by atoms with E-state index in [1.165, 1.54) is 6.26 Å². The number of hydrogen-bond acceptors (Lipinski definition) is 6. The molecule has 2 aromatic heterocycles. The van der Waals surface area contributed by atoms with Crippen LogP contribution in [0.2, 0.25) is 0 Å². The fraction of sp³-hybridized carbons (Fsp3) is 0.452. The summed E-state index contributed by atoms with van der Waals surface area (Å²) in [5, 5.41) is 14.1. The largest absolute Gasteiger partial charge is 0.488 e. The molecule has 0 bridgehead atoms. The van der Waals surface area contributed by atoms with Gasteiger partial charge < -0.3 is 34.4 Å². The number of H-pyrrole nitrogens is 1. The van der Waals surface area contributed by atoms with Gasteiger partial charge in [0.25, 0.3) is 5.91 Å². The van der Waals surface area contributed by atoms with Crippen LogP contribution in [0.5, 0.6) is 5.75 Å². The fourth-order valence-electron chi connectivity index (χ4n) is 6.05. The number of aliphatic hydroxyl groups excluding tert-OH is 1. The van der Waals surface area contributed by atoms with Crippen LogP contribution in [0.25, 0.3) is 21.9 Å². The number of furan rings is 1. The van der Waals surface area contributed by atoms with Gasteiger partial charge in [0.2, 0.25) is 0 Å². The highest BCUT2D eigenvalue weighted by atomic mass is 35.5. The summed E-state index contributed by atoms with van der Waals surface area (Å²) >= 11 is 0. The Kier molecular flexibility index (Phi) is 9.37. The number of ether oxygens (including phenoxy) is 1. The van der Waals surface area contributed by atoms with Gasteiger partial charge in [-0.25, -0.2) is 8.78 Å². The molecule has 11 heteroatoms. The fourth-order valence-corrected chi connectivity index (χ4v) is 6.05. The zero-order valence-corrected chi connectivity index (χ0v) is 24.4. The summed E-state index contributed by atoms with van der Waals surface area (Å²) in [5.41, 5.74) is 1.81. The van der Waals surface area contributed by atoms with E-state index in [2.05, 4.69) is 27.0 Å². The van der Waals surface area contributed by atoms with Gasteiger partial charge in [-0.15, -0.1) is 12.4 Å². The number of aromatic amines is 1. The molecular weight excluding hydrogens is 566 g/mol. The lowest BCUT2D eigenvalue weighted by atomic mass is 9.97. The van der Waals surface area contributed by atoms with Crippen LogP contribution in [0.15, 0.2) is 47.1 Å². The zero-order valence-electron chi connectivity index (χ0n) is 23.6. The number of amides is 1. The second kappa shape index (κ2) is 13.0. The van der Waals surface area contributed by atoms with Gasteiger partial charge in [0.1, 0.15) is 35.3 Å². The van der Waals surface area contributed by atoms with Gasteiger partial charge in [0.15, 0.2) is 0 Å². The van der Waals surface area contributed by atoms with Crippen molar-refractivity contribution in [3.05, 3.63) is 65.6 Å². The Hall–Kier alpha value is -3.18. The van der Waals surface area contributed by atoms with E-state index >= 15 is 0 Å². The van der Waals surface area contributed by atoms with Gasteiger partial charge in [-0.05, 0) is 43.4 Å². The lowest BCUT2D eigenvalue weighted by Gasteiger charge is -2.37. The molecular formula is C31H37ClF2N4O4. The van der Waals surface area contributed by atoms with Crippen molar-refractivity contribution < 1.29 is 27.8 Å². The average Bonchev–Trinajstić information content (AvgIpc) is 3.58. The first-order valence-electron chi connectivity index (χ1n) is 14.4. The van der Waals surface area contributed by atoms with Crippen molar-refractivity contribution in [2.45, 2.75) is 44.9 Å². The second-order valence-corrected chi connectivity index (χ2v) is 11.4.